The van der Waals surface area contributed by atoms with Crippen molar-refractivity contribution in [3.8, 4) is 6.07 Å². The Morgan fingerprint density at radius 2 is 2.29 bits per heavy atom. The van der Waals surface area contributed by atoms with Gasteiger partial charge in [-0.05, 0) is 18.8 Å². The molecule has 0 saturated heterocycles. The van der Waals surface area contributed by atoms with Gasteiger partial charge >= 0.3 is 0 Å². The van der Waals surface area contributed by atoms with Crippen molar-refractivity contribution in [1.82, 2.24) is 9.78 Å². The molecule has 4 heteroatoms. The van der Waals surface area contributed by atoms with Gasteiger partial charge in [0, 0.05) is 12.6 Å². The Kier molecular flexibility index (Phi) is 5.55. The van der Waals surface area contributed by atoms with Crippen molar-refractivity contribution in [1.29, 1.82) is 5.26 Å². The van der Waals surface area contributed by atoms with Gasteiger partial charge < -0.3 is 5.32 Å². The summed E-state index contributed by atoms with van der Waals surface area (Å²) in [4.78, 5) is 0. The molecule has 4 nitrogen and oxygen atoms in total. The first-order valence-corrected chi connectivity index (χ1v) is 6.35. The van der Waals surface area contributed by atoms with Gasteiger partial charge in [-0.3, -0.25) is 0 Å². The first-order chi connectivity index (χ1) is 8.17. The molecule has 0 atom stereocenters. The van der Waals surface area contributed by atoms with Crippen LogP contribution in [0.4, 0.5) is 5.82 Å². The number of nitrogens with zero attached hydrogens (tertiary/aromatic N) is 3. The molecule has 0 aliphatic carbocycles. The van der Waals surface area contributed by atoms with Crippen LogP contribution >= 0.6 is 0 Å². The van der Waals surface area contributed by atoms with Gasteiger partial charge in [0.15, 0.2) is 0 Å². The third-order valence-corrected chi connectivity index (χ3v) is 2.44. The van der Waals surface area contributed by atoms with E-state index in [9.17, 15) is 0 Å². The number of anilines is 1. The minimum absolute atomic E-state index is 0.504. The van der Waals surface area contributed by atoms with Gasteiger partial charge in [-0.15, -0.1) is 0 Å². The second-order valence-corrected chi connectivity index (χ2v) is 4.68. The van der Waals surface area contributed by atoms with Crippen LogP contribution < -0.4 is 5.32 Å². The predicted molar refractivity (Wildman–Crippen MR) is 69.8 cm³/mol. The molecule has 0 bridgehead atoms. The van der Waals surface area contributed by atoms with E-state index in [0.717, 1.165) is 30.9 Å². The molecule has 1 heterocycles. The number of hydrogen-bond donors (Lipinski definition) is 1. The van der Waals surface area contributed by atoms with Crippen LogP contribution in [-0.2, 0) is 13.0 Å². The summed E-state index contributed by atoms with van der Waals surface area (Å²) in [5.41, 5.74) is 1.11. The molecule has 0 unspecified atom stereocenters. The molecular formula is C13H22N4. The Labute approximate surface area is 104 Å². The fourth-order valence-electron chi connectivity index (χ4n) is 1.71. The van der Waals surface area contributed by atoms with Gasteiger partial charge in [-0.2, -0.15) is 10.4 Å². The molecule has 1 N–H and O–H groups in total. The van der Waals surface area contributed by atoms with E-state index < -0.39 is 0 Å². The topological polar surface area (TPSA) is 53.6 Å². The zero-order valence-corrected chi connectivity index (χ0v) is 11.0. The highest BCUT2D eigenvalue weighted by Crippen LogP contribution is 2.14. The first-order valence-electron chi connectivity index (χ1n) is 6.35. The fourth-order valence-corrected chi connectivity index (χ4v) is 1.71. The smallest absolute Gasteiger partial charge is 0.124 e. The second-order valence-electron chi connectivity index (χ2n) is 4.68. The van der Waals surface area contributed by atoms with E-state index >= 15 is 0 Å². The molecule has 1 rings (SSSR count). The van der Waals surface area contributed by atoms with Crippen LogP contribution in [0.2, 0.25) is 0 Å². The summed E-state index contributed by atoms with van der Waals surface area (Å²) in [5, 5.41) is 16.5. The lowest BCUT2D eigenvalue weighted by atomic mass is 10.1. The minimum atomic E-state index is 0.504. The Hall–Kier alpha value is -1.50. The number of rotatable bonds is 7. The number of hydrogen-bond acceptors (Lipinski definition) is 3. The largest absolute Gasteiger partial charge is 0.370 e. The van der Waals surface area contributed by atoms with Crippen LogP contribution in [-0.4, -0.2) is 16.3 Å². The highest BCUT2D eigenvalue weighted by atomic mass is 15.3. The quantitative estimate of drug-likeness (QED) is 0.789. The third kappa shape index (κ3) is 4.48. The lowest BCUT2D eigenvalue weighted by Gasteiger charge is -2.06. The molecule has 0 aliphatic rings. The van der Waals surface area contributed by atoms with Gasteiger partial charge in [0.25, 0.3) is 0 Å². The van der Waals surface area contributed by atoms with Crippen LogP contribution in [0.5, 0.6) is 0 Å². The van der Waals surface area contributed by atoms with E-state index in [1.54, 1.807) is 0 Å². The maximum Gasteiger partial charge on any atom is 0.124 e. The summed E-state index contributed by atoms with van der Waals surface area (Å²) in [7, 11) is 0. The second kappa shape index (κ2) is 6.95. The van der Waals surface area contributed by atoms with E-state index in [-0.39, 0.29) is 0 Å². The summed E-state index contributed by atoms with van der Waals surface area (Å²) < 4.78 is 1.91. The Morgan fingerprint density at radius 1 is 1.53 bits per heavy atom. The summed E-state index contributed by atoms with van der Waals surface area (Å²) in [6, 6.07) is 4.27. The van der Waals surface area contributed by atoms with E-state index in [1.165, 1.54) is 0 Å². The Balaban J connectivity index is 2.75. The van der Waals surface area contributed by atoms with E-state index in [2.05, 4.69) is 43.3 Å². The highest BCUT2D eigenvalue weighted by molar-refractivity contribution is 5.37. The first kappa shape index (κ1) is 13.6. The highest BCUT2D eigenvalue weighted by Gasteiger charge is 2.08. The molecule has 0 radical (unpaired) electrons. The Morgan fingerprint density at radius 3 is 2.88 bits per heavy atom. The Bertz CT molecular complexity index is 373. The normalized spacial score (nSPS) is 10.5. The third-order valence-electron chi connectivity index (χ3n) is 2.44. The van der Waals surface area contributed by atoms with E-state index in [4.69, 9.17) is 5.26 Å². The average Bonchev–Trinajstić information content (AvgIpc) is 2.64. The number of nitrogens with one attached hydrogen (secondary N) is 1. The summed E-state index contributed by atoms with van der Waals surface area (Å²) in [6.07, 6.45) is 2.58. The molecule has 0 aliphatic heterocycles. The lowest BCUT2D eigenvalue weighted by molar-refractivity contribution is 0.589. The molecule has 0 amide bonds. The molecule has 1 aromatic heterocycles. The number of nitriles is 1. The van der Waals surface area contributed by atoms with Crippen molar-refractivity contribution in [2.24, 2.45) is 5.92 Å². The van der Waals surface area contributed by atoms with Gasteiger partial charge in [0.2, 0.25) is 0 Å². The monoisotopic (exact) mass is 234 g/mol. The summed E-state index contributed by atoms with van der Waals surface area (Å²) in [6.45, 7) is 8.12. The van der Waals surface area contributed by atoms with Crippen LogP contribution in [0.1, 0.15) is 39.3 Å². The van der Waals surface area contributed by atoms with Crippen molar-refractivity contribution >= 4 is 5.82 Å². The molecule has 0 saturated carbocycles. The van der Waals surface area contributed by atoms with Crippen LogP contribution in [0.3, 0.4) is 0 Å². The predicted octanol–water partition coefficient (Wildman–Crippen LogP) is 2.82. The maximum absolute atomic E-state index is 8.64. The van der Waals surface area contributed by atoms with Gasteiger partial charge in [-0.1, -0.05) is 20.8 Å². The van der Waals surface area contributed by atoms with Crippen molar-refractivity contribution in [2.75, 3.05) is 11.9 Å². The standard InChI is InChI=1S/C13H22N4/c1-4-7-15-13-10-12(9-11(2)3)16-17(13)8-5-6-14/h10-11,15H,4-5,7-9H2,1-3H3. The van der Waals surface area contributed by atoms with Crippen LogP contribution in [0.15, 0.2) is 6.07 Å². The van der Waals surface area contributed by atoms with Crippen molar-refractivity contribution in [3.05, 3.63) is 11.8 Å². The number of aryl methyl sites for hydroxylation is 1. The summed E-state index contributed by atoms with van der Waals surface area (Å²) >= 11 is 0. The van der Waals surface area contributed by atoms with Crippen LogP contribution in [0.25, 0.3) is 0 Å². The molecule has 1 aromatic rings. The van der Waals surface area contributed by atoms with Gasteiger partial charge in [-0.25, -0.2) is 4.68 Å². The van der Waals surface area contributed by atoms with Gasteiger partial charge in [0.05, 0.1) is 24.7 Å². The van der Waals surface area contributed by atoms with Gasteiger partial charge in [0.1, 0.15) is 5.82 Å². The molecule has 0 spiro atoms. The zero-order valence-electron chi connectivity index (χ0n) is 11.0. The zero-order chi connectivity index (χ0) is 12.7. The van der Waals surface area contributed by atoms with Crippen LogP contribution in [0, 0.1) is 17.2 Å². The maximum atomic E-state index is 8.64. The summed E-state index contributed by atoms with van der Waals surface area (Å²) in [5.74, 6) is 1.64. The van der Waals surface area contributed by atoms with E-state index in [0.29, 0.717) is 18.9 Å². The number of aromatic nitrogens is 2. The lowest BCUT2D eigenvalue weighted by Crippen LogP contribution is -2.08. The molecule has 94 valence electrons. The minimum Gasteiger partial charge on any atom is -0.370 e. The molecule has 0 fully saturated rings. The molecule has 17 heavy (non-hydrogen) atoms. The van der Waals surface area contributed by atoms with Crippen molar-refractivity contribution in [2.45, 2.75) is 46.6 Å². The molecular weight excluding hydrogens is 212 g/mol. The van der Waals surface area contributed by atoms with Crippen molar-refractivity contribution in [3.63, 3.8) is 0 Å². The van der Waals surface area contributed by atoms with Crippen molar-refractivity contribution < 1.29 is 0 Å². The SMILES string of the molecule is CCCNc1cc(CC(C)C)nn1CCC#N. The average molecular weight is 234 g/mol. The molecule has 0 aromatic carbocycles. The fraction of sp³-hybridized carbons (Fsp3) is 0.692. The van der Waals surface area contributed by atoms with E-state index in [1.807, 2.05) is 4.68 Å².